The van der Waals surface area contributed by atoms with Gasteiger partial charge >= 0.3 is 37.7 Å². The number of hydrogen-bond acceptors (Lipinski definition) is 0. The largest absolute Gasteiger partial charge is 2.00 e. The molecule has 0 aromatic rings. The molecule has 0 amide bonds. The molecule has 0 saturated carbocycles. The molecule has 25 heavy (non-hydrogen) atoms. The minimum absolute atomic E-state index is 0. The summed E-state index contributed by atoms with van der Waals surface area (Å²) in [6.07, 6.45) is 5.54. The van der Waals surface area contributed by atoms with Crippen molar-refractivity contribution >= 4 is 37.7 Å². The van der Waals surface area contributed by atoms with E-state index in [1.807, 2.05) is 0 Å². The predicted molar refractivity (Wildman–Crippen MR) is 109 cm³/mol. The fourth-order valence-corrected chi connectivity index (χ4v) is 5.25. The molecule has 0 spiro atoms. The van der Waals surface area contributed by atoms with Gasteiger partial charge in [0, 0.05) is 0 Å². The van der Waals surface area contributed by atoms with Gasteiger partial charge < -0.3 is 21.3 Å². The minimum Gasteiger partial charge on any atom is -0.673 e. The molecule has 4 aliphatic heterocycles. The fraction of sp³-hybridized carbons (Fsp3) is 1.00. The second kappa shape index (κ2) is 7.17. The van der Waals surface area contributed by atoms with Crippen molar-refractivity contribution < 1.29 is 0 Å². The van der Waals surface area contributed by atoms with E-state index in [1.54, 1.807) is 0 Å². The van der Waals surface area contributed by atoms with E-state index < -0.39 is 0 Å². The molecular formula is C20H36CaN4-2. The molecule has 0 aromatic heterocycles. The van der Waals surface area contributed by atoms with Crippen molar-refractivity contribution in [3.8, 4) is 0 Å². The standard InChI is InChI=1S/2C10H18N2.Ca/c2*1-9(2)5-7-6-10(3,4)12-8(7)11-9;/h2*7-8H,5-6H2,1-4H3;/q2*-2;+2. The van der Waals surface area contributed by atoms with Crippen molar-refractivity contribution in [2.45, 2.75) is 116 Å². The van der Waals surface area contributed by atoms with Crippen molar-refractivity contribution in [2.24, 2.45) is 11.8 Å². The van der Waals surface area contributed by atoms with Crippen LogP contribution >= 0.6 is 0 Å². The first kappa shape index (κ1) is 22.4. The van der Waals surface area contributed by atoms with E-state index in [1.165, 1.54) is 25.7 Å². The third-order valence-corrected chi connectivity index (χ3v) is 5.82. The topological polar surface area (TPSA) is 56.4 Å². The quantitative estimate of drug-likeness (QED) is 0.490. The first-order chi connectivity index (χ1) is 10.8. The van der Waals surface area contributed by atoms with Gasteiger partial charge in [-0.25, -0.2) is 12.3 Å². The molecule has 0 bridgehead atoms. The Kier molecular flexibility index (Phi) is 6.42. The molecule has 0 aliphatic carbocycles. The minimum atomic E-state index is 0. The van der Waals surface area contributed by atoms with Gasteiger partial charge in [-0.05, 0) is 0 Å². The zero-order valence-electron chi connectivity index (χ0n) is 17.6. The molecule has 0 aromatic carbocycles. The molecule has 0 radical (unpaired) electrons. The molecule has 4 aliphatic rings. The van der Waals surface area contributed by atoms with Crippen LogP contribution in [0.2, 0.25) is 0 Å². The van der Waals surface area contributed by atoms with Crippen LogP contribution in [0.3, 0.4) is 0 Å². The van der Waals surface area contributed by atoms with Crippen LogP contribution in [0, 0.1) is 11.8 Å². The molecule has 0 N–H and O–H groups in total. The van der Waals surface area contributed by atoms with Crippen LogP contribution in [0.25, 0.3) is 21.3 Å². The third kappa shape index (κ3) is 5.56. The summed E-state index contributed by atoms with van der Waals surface area (Å²) >= 11 is 0. The fourth-order valence-electron chi connectivity index (χ4n) is 5.25. The number of hydrogen-bond donors (Lipinski definition) is 0. The van der Waals surface area contributed by atoms with Gasteiger partial charge in [-0.2, -0.15) is 0 Å². The zero-order chi connectivity index (χ0) is 18.0. The molecule has 4 rings (SSSR count). The SMILES string of the molecule is CC1(C)CC2CC(C)(C)[N-]C2[N-]1.CC1(C)CC2CC(C)(C)[N-]C2[N-]1.[Ca+2]. The maximum absolute atomic E-state index is 4.71. The second-order valence-electron chi connectivity index (χ2n) is 10.9. The van der Waals surface area contributed by atoms with Gasteiger partial charge in [-0.3, -0.25) is 0 Å². The molecule has 4 heterocycles. The summed E-state index contributed by atoms with van der Waals surface area (Å²) in [5.74, 6) is 1.46. The van der Waals surface area contributed by atoms with Crippen LogP contribution in [-0.4, -0.2) is 72.2 Å². The van der Waals surface area contributed by atoms with E-state index in [2.05, 4.69) is 55.4 Å². The van der Waals surface area contributed by atoms with Gasteiger partial charge in [0.25, 0.3) is 0 Å². The van der Waals surface area contributed by atoms with Gasteiger partial charge in [0.15, 0.2) is 0 Å². The van der Waals surface area contributed by atoms with Gasteiger partial charge in [0.1, 0.15) is 0 Å². The van der Waals surface area contributed by atoms with Crippen LogP contribution in [0.5, 0.6) is 0 Å². The normalized spacial score (nSPS) is 41.3. The number of fused-ring (bicyclic) bond motifs is 2. The molecule has 0 unspecified atom stereocenters. The molecule has 4 nitrogen and oxygen atoms in total. The van der Waals surface area contributed by atoms with Crippen LogP contribution in [-0.2, 0) is 0 Å². The number of nitrogens with zero attached hydrogens (tertiary/aromatic N) is 4. The molecule has 4 fully saturated rings. The van der Waals surface area contributed by atoms with E-state index in [4.69, 9.17) is 21.3 Å². The maximum Gasteiger partial charge on any atom is 2.00 e. The summed E-state index contributed by atoms with van der Waals surface area (Å²) in [6.45, 7) is 17.7. The Hall–Kier alpha value is 1.10. The van der Waals surface area contributed by atoms with Crippen molar-refractivity contribution in [3.63, 3.8) is 0 Å². The van der Waals surface area contributed by atoms with Crippen molar-refractivity contribution in [3.05, 3.63) is 21.3 Å². The molecular weight excluding hydrogens is 336 g/mol. The monoisotopic (exact) mass is 372 g/mol. The van der Waals surface area contributed by atoms with E-state index in [9.17, 15) is 0 Å². The number of rotatable bonds is 0. The third-order valence-electron chi connectivity index (χ3n) is 5.82. The maximum atomic E-state index is 4.71. The smallest absolute Gasteiger partial charge is 0.673 e. The first-order valence-corrected chi connectivity index (χ1v) is 9.64. The van der Waals surface area contributed by atoms with Gasteiger partial charge in [0.2, 0.25) is 0 Å². The molecule has 4 saturated heterocycles. The Bertz CT molecular complexity index is 366. The summed E-state index contributed by atoms with van der Waals surface area (Å²) in [6, 6.07) is 0. The van der Waals surface area contributed by atoms with Crippen LogP contribution < -0.4 is 0 Å². The Morgan fingerprint density at radius 3 is 0.840 bits per heavy atom. The molecule has 5 heteroatoms. The summed E-state index contributed by atoms with van der Waals surface area (Å²) in [4.78, 5) is 0. The predicted octanol–water partition coefficient (Wildman–Crippen LogP) is 5.70. The summed E-state index contributed by atoms with van der Waals surface area (Å²) in [5.41, 5.74) is 0.759. The van der Waals surface area contributed by atoms with E-state index in [0.29, 0.717) is 12.3 Å². The van der Waals surface area contributed by atoms with Crippen LogP contribution in [0.1, 0.15) is 81.1 Å². The van der Waals surface area contributed by atoms with Crippen LogP contribution in [0.15, 0.2) is 0 Å². The average molecular weight is 373 g/mol. The summed E-state index contributed by atoms with van der Waals surface area (Å²) < 4.78 is 0. The summed E-state index contributed by atoms with van der Waals surface area (Å²) in [5, 5.41) is 18.8. The average Bonchev–Trinajstić information content (AvgIpc) is 2.89. The van der Waals surface area contributed by atoms with E-state index in [0.717, 1.165) is 11.8 Å². The van der Waals surface area contributed by atoms with E-state index in [-0.39, 0.29) is 59.9 Å². The van der Waals surface area contributed by atoms with E-state index >= 15 is 0 Å². The second-order valence-corrected chi connectivity index (χ2v) is 10.9. The van der Waals surface area contributed by atoms with Gasteiger partial charge in [0.05, 0.1) is 0 Å². The summed E-state index contributed by atoms with van der Waals surface area (Å²) in [7, 11) is 0. The molecule has 0 atom stereocenters. The van der Waals surface area contributed by atoms with Gasteiger partial charge in [-0.15, -0.1) is 22.2 Å². The Morgan fingerprint density at radius 1 is 0.480 bits per heavy atom. The van der Waals surface area contributed by atoms with Crippen molar-refractivity contribution in [2.75, 3.05) is 0 Å². The van der Waals surface area contributed by atoms with Gasteiger partial charge in [-0.1, -0.05) is 92.9 Å². The van der Waals surface area contributed by atoms with Crippen molar-refractivity contribution in [1.82, 2.24) is 0 Å². The zero-order valence-corrected chi connectivity index (χ0v) is 19.8. The Morgan fingerprint density at radius 2 is 0.680 bits per heavy atom. The van der Waals surface area contributed by atoms with Crippen LogP contribution in [0.4, 0.5) is 0 Å². The Balaban J connectivity index is 0.000000173. The Labute approximate surface area is 185 Å². The molecule has 140 valence electrons. The van der Waals surface area contributed by atoms with Crippen molar-refractivity contribution in [1.29, 1.82) is 0 Å². The first-order valence-electron chi connectivity index (χ1n) is 9.64.